The van der Waals surface area contributed by atoms with Crippen molar-refractivity contribution in [2.45, 2.75) is 30.6 Å². The molecule has 0 bridgehead atoms. The van der Waals surface area contributed by atoms with Crippen molar-refractivity contribution >= 4 is 27.3 Å². The Morgan fingerprint density at radius 3 is 2.33 bits per heavy atom. The molecule has 7 heteroatoms. The Morgan fingerprint density at radius 1 is 1.22 bits per heavy atom. The van der Waals surface area contributed by atoms with Gasteiger partial charge in [0, 0.05) is 18.5 Å². The van der Waals surface area contributed by atoms with Crippen molar-refractivity contribution in [2.75, 3.05) is 13.1 Å². The van der Waals surface area contributed by atoms with E-state index in [1.807, 2.05) is 0 Å². The van der Waals surface area contributed by atoms with Gasteiger partial charge in [-0.05, 0) is 18.9 Å². The molecule has 1 aromatic heterocycles. The van der Waals surface area contributed by atoms with E-state index in [4.69, 9.17) is 5.11 Å². The van der Waals surface area contributed by atoms with Gasteiger partial charge in [0.25, 0.3) is 0 Å². The van der Waals surface area contributed by atoms with Crippen LogP contribution in [0.25, 0.3) is 0 Å². The summed E-state index contributed by atoms with van der Waals surface area (Å²) in [7, 11) is -3.52. The Morgan fingerprint density at radius 2 is 1.83 bits per heavy atom. The highest BCUT2D eigenvalue weighted by Gasteiger charge is 2.26. The van der Waals surface area contributed by atoms with Crippen LogP contribution in [0, 0.1) is 0 Å². The lowest BCUT2D eigenvalue weighted by Crippen LogP contribution is -2.31. The summed E-state index contributed by atoms with van der Waals surface area (Å²) >= 11 is 0.948. The number of hydrogen-bond donors (Lipinski definition) is 1. The maximum absolute atomic E-state index is 12.3. The standard InChI is InChI=1S/C11H15NO4S2/c13-11(14)10-7-9(8-17-10)18(15,16)12-5-3-1-2-4-6-12/h7-8H,1-6H2,(H,13,14). The SMILES string of the molecule is O=C(O)c1cc(S(=O)(=O)N2CCCCCC2)cs1. The van der Waals surface area contributed by atoms with Crippen molar-refractivity contribution in [1.29, 1.82) is 0 Å². The molecule has 18 heavy (non-hydrogen) atoms. The third-order valence-corrected chi connectivity index (χ3v) is 5.93. The predicted octanol–water partition coefficient (Wildman–Crippen LogP) is 2.01. The number of rotatable bonds is 3. The normalized spacial score (nSPS) is 18.4. The van der Waals surface area contributed by atoms with Crippen LogP contribution in [0.3, 0.4) is 0 Å². The molecule has 0 amide bonds. The summed E-state index contributed by atoms with van der Waals surface area (Å²) in [6, 6.07) is 1.24. The van der Waals surface area contributed by atoms with Crippen LogP contribution in [0.15, 0.2) is 16.3 Å². The molecule has 100 valence electrons. The second-order valence-electron chi connectivity index (χ2n) is 4.27. The summed E-state index contributed by atoms with van der Waals surface area (Å²) in [5, 5.41) is 10.2. The van der Waals surface area contributed by atoms with Crippen LogP contribution in [-0.2, 0) is 10.0 Å². The average molecular weight is 289 g/mol. The first kappa shape index (κ1) is 13.5. The fourth-order valence-electron chi connectivity index (χ4n) is 2.00. The maximum atomic E-state index is 12.3. The van der Waals surface area contributed by atoms with E-state index in [0.717, 1.165) is 37.0 Å². The number of nitrogens with zero attached hydrogens (tertiary/aromatic N) is 1. The minimum Gasteiger partial charge on any atom is -0.477 e. The van der Waals surface area contributed by atoms with E-state index in [0.29, 0.717) is 13.1 Å². The van der Waals surface area contributed by atoms with E-state index in [9.17, 15) is 13.2 Å². The third-order valence-electron chi connectivity index (χ3n) is 2.99. The Bertz CT molecular complexity index is 527. The zero-order valence-electron chi connectivity index (χ0n) is 9.83. The van der Waals surface area contributed by atoms with E-state index in [1.165, 1.54) is 15.8 Å². The highest BCUT2D eigenvalue weighted by Crippen LogP contribution is 2.24. The van der Waals surface area contributed by atoms with Gasteiger partial charge in [-0.25, -0.2) is 13.2 Å². The van der Waals surface area contributed by atoms with Crippen LogP contribution in [0.4, 0.5) is 0 Å². The van der Waals surface area contributed by atoms with Crippen LogP contribution in [0.5, 0.6) is 0 Å². The second kappa shape index (κ2) is 5.38. The first-order valence-electron chi connectivity index (χ1n) is 5.84. The van der Waals surface area contributed by atoms with E-state index >= 15 is 0 Å². The minimum absolute atomic E-state index is 0.0587. The van der Waals surface area contributed by atoms with E-state index in [2.05, 4.69) is 0 Å². The molecule has 0 unspecified atom stereocenters. The molecular weight excluding hydrogens is 274 g/mol. The van der Waals surface area contributed by atoms with Crippen molar-refractivity contribution in [1.82, 2.24) is 4.31 Å². The van der Waals surface area contributed by atoms with Gasteiger partial charge in [-0.3, -0.25) is 0 Å². The van der Waals surface area contributed by atoms with Crippen molar-refractivity contribution in [3.05, 3.63) is 16.3 Å². The Hall–Kier alpha value is -0.920. The molecule has 0 radical (unpaired) electrons. The molecular formula is C11H15NO4S2. The second-order valence-corrected chi connectivity index (χ2v) is 7.12. The largest absolute Gasteiger partial charge is 0.477 e. The van der Waals surface area contributed by atoms with Crippen molar-refractivity contribution in [3.63, 3.8) is 0 Å². The molecule has 1 saturated heterocycles. The molecule has 1 aliphatic heterocycles. The summed E-state index contributed by atoms with van der Waals surface area (Å²) < 4.78 is 26.1. The molecule has 5 nitrogen and oxygen atoms in total. The van der Waals surface area contributed by atoms with Gasteiger partial charge in [-0.2, -0.15) is 4.31 Å². The summed E-state index contributed by atoms with van der Waals surface area (Å²) in [5.74, 6) is -1.09. The predicted molar refractivity (Wildman–Crippen MR) is 68.5 cm³/mol. The van der Waals surface area contributed by atoms with Gasteiger partial charge in [-0.1, -0.05) is 12.8 Å². The van der Waals surface area contributed by atoms with Gasteiger partial charge in [-0.15, -0.1) is 11.3 Å². The topological polar surface area (TPSA) is 74.7 Å². The summed E-state index contributed by atoms with van der Waals surface area (Å²) in [4.78, 5) is 10.9. The quantitative estimate of drug-likeness (QED) is 0.923. The van der Waals surface area contributed by atoms with Crippen LogP contribution in [0.2, 0.25) is 0 Å². The molecule has 0 atom stereocenters. The number of carboxylic acids is 1. The highest BCUT2D eigenvalue weighted by molar-refractivity contribution is 7.89. The van der Waals surface area contributed by atoms with Crippen molar-refractivity contribution < 1.29 is 18.3 Å². The average Bonchev–Trinajstić information content (AvgIpc) is 2.66. The van der Waals surface area contributed by atoms with Crippen LogP contribution in [-0.4, -0.2) is 36.9 Å². The fourth-order valence-corrected chi connectivity index (χ4v) is 4.61. The van der Waals surface area contributed by atoms with Crippen LogP contribution < -0.4 is 0 Å². The summed E-state index contributed by atoms with van der Waals surface area (Å²) in [6.07, 6.45) is 3.84. The Kier molecular flexibility index (Phi) is 4.04. The van der Waals surface area contributed by atoms with Crippen LogP contribution >= 0.6 is 11.3 Å². The minimum atomic E-state index is -3.52. The van der Waals surface area contributed by atoms with Gasteiger partial charge < -0.3 is 5.11 Å². The zero-order chi connectivity index (χ0) is 13.2. The molecule has 0 aliphatic carbocycles. The van der Waals surface area contributed by atoms with Crippen molar-refractivity contribution in [3.8, 4) is 0 Å². The first-order valence-corrected chi connectivity index (χ1v) is 8.16. The number of aromatic carboxylic acids is 1. The number of carboxylic acid groups (broad SMARTS) is 1. The van der Waals surface area contributed by atoms with Gasteiger partial charge in [0.2, 0.25) is 10.0 Å². The number of hydrogen-bond acceptors (Lipinski definition) is 4. The monoisotopic (exact) mass is 289 g/mol. The number of carbonyl (C=O) groups is 1. The Balaban J connectivity index is 2.25. The van der Waals surface area contributed by atoms with Gasteiger partial charge in [0.1, 0.15) is 4.88 Å². The van der Waals surface area contributed by atoms with E-state index in [-0.39, 0.29) is 9.77 Å². The molecule has 0 saturated carbocycles. The molecule has 1 N–H and O–H groups in total. The zero-order valence-corrected chi connectivity index (χ0v) is 11.5. The lowest BCUT2D eigenvalue weighted by atomic mass is 10.2. The molecule has 2 rings (SSSR count). The smallest absolute Gasteiger partial charge is 0.345 e. The van der Waals surface area contributed by atoms with Crippen LogP contribution in [0.1, 0.15) is 35.4 Å². The van der Waals surface area contributed by atoms with E-state index < -0.39 is 16.0 Å². The lowest BCUT2D eigenvalue weighted by Gasteiger charge is -2.18. The lowest BCUT2D eigenvalue weighted by molar-refractivity contribution is 0.0702. The molecule has 1 fully saturated rings. The molecule has 1 aromatic rings. The Labute approximate surface area is 110 Å². The van der Waals surface area contributed by atoms with E-state index in [1.54, 1.807) is 0 Å². The van der Waals surface area contributed by atoms with Crippen molar-refractivity contribution in [2.24, 2.45) is 0 Å². The highest BCUT2D eigenvalue weighted by atomic mass is 32.2. The fraction of sp³-hybridized carbons (Fsp3) is 0.545. The number of sulfonamides is 1. The molecule has 0 spiro atoms. The van der Waals surface area contributed by atoms with Gasteiger partial charge in [0.05, 0.1) is 4.90 Å². The van der Waals surface area contributed by atoms with Gasteiger partial charge >= 0.3 is 5.97 Å². The summed E-state index contributed by atoms with van der Waals surface area (Å²) in [6.45, 7) is 1.06. The molecule has 2 heterocycles. The maximum Gasteiger partial charge on any atom is 0.345 e. The third kappa shape index (κ3) is 2.73. The first-order chi connectivity index (χ1) is 8.51. The number of thiophene rings is 1. The van der Waals surface area contributed by atoms with Gasteiger partial charge in [0.15, 0.2) is 0 Å². The summed E-state index contributed by atoms with van der Waals surface area (Å²) in [5.41, 5.74) is 0. The molecule has 1 aliphatic rings. The molecule has 0 aromatic carbocycles.